The van der Waals surface area contributed by atoms with Crippen LogP contribution in [0.15, 0.2) is 54.6 Å². The van der Waals surface area contributed by atoms with Gasteiger partial charge in [-0.05, 0) is 31.5 Å². The van der Waals surface area contributed by atoms with Gasteiger partial charge in [-0.2, -0.15) is 0 Å². The van der Waals surface area contributed by atoms with Crippen molar-refractivity contribution in [3.05, 3.63) is 65.7 Å². The highest BCUT2D eigenvalue weighted by Crippen LogP contribution is 2.16. The minimum atomic E-state index is -0.741. The van der Waals surface area contributed by atoms with Crippen molar-refractivity contribution in [3.63, 3.8) is 0 Å². The van der Waals surface area contributed by atoms with Crippen LogP contribution in [-0.2, 0) is 0 Å². The Hall–Kier alpha value is -2.33. The predicted molar refractivity (Wildman–Crippen MR) is 84.2 cm³/mol. The van der Waals surface area contributed by atoms with E-state index in [1.807, 2.05) is 61.5 Å². The molecule has 0 spiro atoms. The summed E-state index contributed by atoms with van der Waals surface area (Å²) in [4.78, 5) is 11.9. The van der Waals surface area contributed by atoms with Crippen LogP contribution in [0, 0.1) is 6.92 Å². The zero-order chi connectivity index (χ0) is 15.2. The average Bonchev–Trinajstić information content (AvgIpc) is 2.49. The summed E-state index contributed by atoms with van der Waals surface area (Å²) in [7, 11) is 0. The number of benzene rings is 2. The molecule has 0 heterocycles. The van der Waals surface area contributed by atoms with Crippen LogP contribution in [-0.4, -0.2) is 17.2 Å². The lowest BCUT2D eigenvalue weighted by Crippen LogP contribution is -2.39. The number of hydrogen-bond acceptors (Lipinski definition) is 2. The van der Waals surface area contributed by atoms with Gasteiger partial charge in [0.15, 0.2) is 0 Å². The van der Waals surface area contributed by atoms with Crippen molar-refractivity contribution in [2.24, 2.45) is 0 Å². The van der Waals surface area contributed by atoms with Crippen molar-refractivity contribution in [2.75, 3.05) is 5.32 Å². The van der Waals surface area contributed by atoms with Crippen LogP contribution in [0.5, 0.6) is 0 Å². The van der Waals surface area contributed by atoms with E-state index in [2.05, 4.69) is 10.6 Å². The van der Waals surface area contributed by atoms with Crippen molar-refractivity contribution in [1.29, 1.82) is 0 Å². The fraction of sp³-hybridized carbons (Fsp3) is 0.235. The number of aryl methyl sites for hydroxylation is 1. The van der Waals surface area contributed by atoms with Gasteiger partial charge in [-0.15, -0.1) is 0 Å². The van der Waals surface area contributed by atoms with E-state index in [0.29, 0.717) is 0 Å². The summed E-state index contributed by atoms with van der Waals surface area (Å²) in [6, 6.07) is 16.1. The fourth-order valence-corrected chi connectivity index (χ4v) is 2.03. The van der Waals surface area contributed by atoms with Gasteiger partial charge >= 0.3 is 6.03 Å². The number of aliphatic hydroxyl groups is 1. The summed E-state index contributed by atoms with van der Waals surface area (Å²) < 4.78 is 0. The number of carbonyl (C=O) groups excluding carboxylic acids is 1. The molecule has 0 fully saturated rings. The molecule has 0 aliphatic rings. The lowest BCUT2D eigenvalue weighted by atomic mass is 10.0. The molecule has 3 N–H and O–H groups in total. The van der Waals surface area contributed by atoms with E-state index < -0.39 is 12.1 Å². The third-order valence-electron chi connectivity index (χ3n) is 3.28. The number of rotatable bonds is 4. The SMILES string of the molecule is Cc1ccc(NC(=O)N[C@H](C)[C@@H](O)c2ccccc2)cc1. The normalized spacial score (nSPS) is 13.3. The monoisotopic (exact) mass is 284 g/mol. The van der Waals surface area contributed by atoms with Crippen LogP contribution in [0.4, 0.5) is 10.5 Å². The largest absolute Gasteiger partial charge is 0.386 e. The van der Waals surface area contributed by atoms with Gasteiger partial charge in [-0.3, -0.25) is 0 Å². The third-order valence-corrected chi connectivity index (χ3v) is 3.28. The van der Waals surface area contributed by atoms with E-state index in [1.54, 1.807) is 6.92 Å². The van der Waals surface area contributed by atoms with E-state index in [1.165, 1.54) is 0 Å². The molecule has 0 saturated heterocycles. The molecule has 4 nitrogen and oxygen atoms in total. The second kappa shape index (κ2) is 6.90. The Bertz CT molecular complexity index is 581. The molecule has 2 rings (SSSR count). The lowest BCUT2D eigenvalue weighted by Gasteiger charge is -2.20. The Balaban J connectivity index is 1.91. The fourth-order valence-electron chi connectivity index (χ4n) is 2.03. The number of urea groups is 1. The molecule has 21 heavy (non-hydrogen) atoms. The first-order valence-electron chi connectivity index (χ1n) is 6.93. The van der Waals surface area contributed by atoms with Crippen LogP contribution < -0.4 is 10.6 Å². The summed E-state index contributed by atoms with van der Waals surface area (Å²) in [6.07, 6.45) is -0.741. The standard InChI is InChI=1S/C17H20N2O2/c1-12-8-10-15(11-9-12)19-17(21)18-13(2)16(20)14-6-4-3-5-7-14/h3-11,13,16,20H,1-2H3,(H2,18,19,21)/t13-,16-/m1/s1. The number of aliphatic hydroxyl groups excluding tert-OH is 1. The van der Waals surface area contributed by atoms with Crippen molar-refractivity contribution in [1.82, 2.24) is 5.32 Å². The summed E-state index contributed by atoms with van der Waals surface area (Å²) in [5.41, 5.74) is 2.63. The minimum Gasteiger partial charge on any atom is -0.386 e. The van der Waals surface area contributed by atoms with Gasteiger partial charge in [0.25, 0.3) is 0 Å². The van der Waals surface area contributed by atoms with Crippen LogP contribution in [0.3, 0.4) is 0 Å². The Kier molecular flexibility index (Phi) is 4.95. The van der Waals surface area contributed by atoms with Crippen molar-refractivity contribution < 1.29 is 9.90 Å². The Morgan fingerprint density at radius 3 is 2.29 bits per heavy atom. The number of carbonyl (C=O) groups is 1. The molecule has 110 valence electrons. The van der Waals surface area contributed by atoms with Crippen molar-refractivity contribution in [3.8, 4) is 0 Å². The molecule has 2 aromatic carbocycles. The Morgan fingerprint density at radius 2 is 1.67 bits per heavy atom. The zero-order valence-corrected chi connectivity index (χ0v) is 12.2. The Morgan fingerprint density at radius 1 is 1.05 bits per heavy atom. The van der Waals surface area contributed by atoms with E-state index in [9.17, 15) is 9.90 Å². The van der Waals surface area contributed by atoms with Crippen molar-refractivity contribution >= 4 is 11.7 Å². The van der Waals surface area contributed by atoms with E-state index in [0.717, 1.165) is 16.8 Å². The first-order chi connectivity index (χ1) is 10.1. The molecule has 2 atom stereocenters. The maximum atomic E-state index is 11.9. The topological polar surface area (TPSA) is 61.4 Å². The molecule has 0 radical (unpaired) electrons. The van der Waals surface area contributed by atoms with Crippen LogP contribution in [0.1, 0.15) is 24.2 Å². The molecule has 0 aromatic heterocycles. The van der Waals surface area contributed by atoms with Gasteiger partial charge in [-0.1, -0.05) is 48.0 Å². The second-order valence-electron chi connectivity index (χ2n) is 5.11. The highest BCUT2D eigenvalue weighted by Gasteiger charge is 2.18. The summed E-state index contributed by atoms with van der Waals surface area (Å²) in [5, 5.41) is 15.7. The molecule has 2 aromatic rings. The quantitative estimate of drug-likeness (QED) is 0.807. The highest BCUT2D eigenvalue weighted by molar-refractivity contribution is 5.89. The molecule has 4 heteroatoms. The smallest absolute Gasteiger partial charge is 0.319 e. The number of amides is 2. The first-order valence-corrected chi connectivity index (χ1v) is 6.93. The molecule has 0 aliphatic carbocycles. The molecule has 0 aliphatic heterocycles. The van der Waals surface area contributed by atoms with Crippen LogP contribution >= 0.6 is 0 Å². The third kappa shape index (κ3) is 4.33. The molecular formula is C17H20N2O2. The van der Waals surface area contributed by atoms with E-state index >= 15 is 0 Å². The number of nitrogens with one attached hydrogen (secondary N) is 2. The average molecular weight is 284 g/mol. The first kappa shape index (κ1) is 15.1. The van der Waals surface area contributed by atoms with Crippen LogP contribution in [0.25, 0.3) is 0 Å². The van der Waals surface area contributed by atoms with Gasteiger partial charge in [0.1, 0.15) is 0 Å². The summed E-state index contributed by atoms with van der Waals surface area (Å²) >= 11 is 0. The van der Waals surface area contributed by atoms with E-state index in [-0.39, 0.29) is 6.03 Å². The van der Waals surface area contributed by atoms with Crippen molar-refractivity contribution in [2.45, 2.75) is 26.0 Å². The van der Waals surface area contributed by atoms with Gasteiger partial charge in [0, 0.05) is 5.69 Å². The molecule has 0 unspecified atom stereocenters. The molecule has 0 bridgehead atoms. The van der Waals surface area contributed by atoms with Gasteiger partial charge in [0.2, 0.25) is 0 Å². The number of hydrogen-bond donors (Lipinski definition) is 3. The second-order valence-corrected chi connectivity index (χ2v) is 5.11. The minimum absolute atomic E-state index is 0.332. The molecular weight excluding hydrogens is 264 g/mol. The van der Waals surface area contributed by atoms with Gasteiger partial charge < -0.3 is 15.7 Å². The Labute approximate surface area is 124 Å². The van der Waals surface area contributed by atoms with Crippen LogP contribution in [0.2, 0.25) is 0 Å². The summed E-state index contributed by atoms with van der Waals surface area (Å²) in [5.74, 6) is 0. The van der Waals surface area contributed by atoms with E-state index in [4.69, 9.17) is 0 Å². The predicted octanol–water partition coefficient (Wildman–Crippen LogP) is 3.24. The zero-order valence-electron chi connectivity index (χ0n) is 12.2. The molecule has 2 amide bonds. The van der Waals surface area contributed by atoms with Gasteiger partial charge in [-0.25, -0.2) is 4.79 Å². The maximum Gasteiger partial charge on any atom is 0.319 e. The highest BCUT2D eigenvalue weighted by atomic mass is 16.3. The molecule has 0 saturated carbocycles. The van der Waals surface area contributed by atoms with Gasteiger partial charge in [0.05, 0.1) is 12.1 Å². The summed E-state index contributed by atoms with van der Waals surface area (Å²) in [6.45, 7) is 3.76. The number of anilines is 1. The lowest BCUT2D eigenvalue weighted by molar-refractivity contribution is 0.139. The maximum absolute atomic E-state index is 11.9.